The number of hydrogen-bond donors (Lipinski definition) is 1. The highest BCUT2D eigenvalue weighted by Crippen LogP contribution is 2.42. The third kappa shape index (κ3) is 3.94. The predicted octanol–water partition coefficient (Wildman–Crippen LogP) is 5.78. The first kappa shape index (κ1) is 21.8. The number of ether oxygens (including phenoxy) is 1. The lowest BCUT2D eigenvalue weighted by atomic mass is 9.95. The highest BCUT2D eigenvalue weighted by atomic mass is 79.9. The van der Waals surface area contributed by atoms with Crippen molar-refractivity contribution < 1.29 is 19.4 Å². The number of amides is 1. The maximum Gasteiger partial charge on any atom is 0.300 e. The van der Waals surface area contributed by atoms with Crippen LogP contribution < -0.4 is 9.64 Å². The van der Waals surface area contributed by atoms with Crippen molar-refractivity contribution in [3.63, 3.8) is 0 Å². The van der Waals surface area contributed by atoms with Gasteiger partial charge < -0.3 is 9.84 Å². The van der Waals surface area contributed by atoms with Gasteiger partial charge in [0.2, 0.25) is 0 Å². The molecule has 0 aliphatic carbocycles. The van der Waals surface area contributed by atoms with Crippen LogP contribution in [0.3, 0.4) is 0 Å². The molecule has 0 saturated carbocycles. The van der Waals surface area contributed by atoms with Crippen LogP contribution in [-0.2, 0) is 9.59 Å². The number of carbonyl (C=O) groups excluding carboxylic acids is 2. The first-order valence-corrected chi connectivity index (χ1v) is 11.1. The summed E-state index contributed by atoms with van der Waals surface area (Å²) in [5.41, 5.74) is 2.70. The molecule has 1 atom stereocenters. The molecule has 0 radical (unpaired) electrons. The van der Waals surface area contributed by atoms with E-state index in [-0.39, 0.29) is 11.3 Å². The Morgan fingerprint density at radius 3 is 2.47 bits per heavy atom. The fourth-order valence-corrected chi connectivity index (χ4v) is 4.13. The molecule has 3 aromatic rings. The average Bonchev–Trinajstić information content (AvgIpc) is 3.07. The van der Waals surface area contributed by atoms with Gasteiger partial charge >= 0.3 is 0 Å². The molecular formula is C26H22BrNO4. The Labute approximate surface area is 195 Å². The van der Waals surface area contributed by atoms with E-state index in [9.17, 15) is 14.7 Å². The largest absolute Gasteiger partial charge is 0.507 e. The van der Waals surface area contributed by atoms with Gasteiger partial charge in [0, 0.05) is 21.8 Å². The molecule has 1 aliphatic rings. The number of carbonyl (C=O) groups is 2. The van der Waals surface area contributed by atoms with Gasteiger partial charge in [-0.25, -0.2) is 0 Å². The molecular weight excluding hydrogens is 470 g/mol. The molecule has 6 heteroatoms. The summed E-state index contributed by atoms with van der Waals surface area (Å²) in [5.74, 6) is -1.01. The van der Waals surface area contributed by atoms with Crippen molar-refractivity contribution in [3.05, 3.63) is 99.5 Å². The fraction of sp³-hybridized carbons (Fsp3) is 0.154. The van der Waals surface area contributed by atoms with E-state index in [0.29, 0.717) is 23.6 Å². The van der Waals surface area contributed by atoms with Crippen LogP contribution in [0.4, 0.5) is 5.69 Å². The first-order valence-electron chi connectivity index (χ1n) is 10.3. The zero-order chi connectivity index (χ0) is 22.8. The number of anilines is 1. The second-order valence-electron chi connectivity index (χ2n) is 7.47. The van der Waals surface area contributed by atoms with Crippen LogP contribution in [0.1, 0.15) is 29.7 Å². The number of Topliss-reactive ketones (excluding diaryl/α,β-unsaturated/α-hetero) is 1. The molecule has 1 saturated heterocycles. The molecule has 3 aromatic carbocycles. The highest BCUT2D eigenvalue weighted by Gasteiger charge is 2.47. The van der Waals surface area contributed by atoms with Gasteiger partial charge in [-0.2, -0.15) is 0 Å². The molecule has 0 spiro atoms. The predicted molar refractivity (Wildman–Crippen MR) is 128 cm³/mol. The number of aryl methyl sites for hydroxylation is 1. The molecule has 1 aliphatic heterocycles. The summed E-state index contributed by atoms with van der Waals surface area (Å²) in [7, 11) is 0. The molecule has 4 rings (SSSR count). The zero-order valence-electron chi connectivity index (χ0n) is 17.7. The Bertz CT molecular complexity index is 1220. The number of rotatable bonds is 5. The number of ketones is 1. The quantitative estimate of drug-likeness (QED) is 0.279. The second kappa shape index (κ2) is 9.01. The second-order valence-corrected chi connectivity index (χ2v) is 8.33. The van der Waals surface area contributed by atoms with E-state index in [4.69, 9.17) is 4.74 Å². The smallest absolute Gasteiger partial charge is 0.300 e. The van der Waals surface area contributed by atoms with E-state index in [1.165, 1.54) is 4.90 Å². The number of aliphatic hydroxyl groups is 1. The number of nitrogens with zero attached hydrogens (tertiary/aromatic N) is 1. The molecule has 1 amide bonds. The van der Waals surface area contributed by atoms with Gasteiger partial charge in [-0.05, 0) is 49.2 Å². The molecule has 0 aromatic heterocycles. The van der Waals surface area contributed by atoms with Gasteiger partial charge in [-0.15, -0.1) is 0 Å². The van der Waals surface area contributed by atoms with Crippen molar-refractivity contribution in [2.75, 3.05) is 11.5 Å². The summed E-state index contributed by atoms with van der Waals surface area (Å²) in [6.45, 7) is 4.25. The van der Waals surface area contributed by atoms with Crippen LogP contribution in [0.25, 0.3) is 5.76 Å². The maximum absolute atomic E-state index is 13.2. The molecule has 1 fully saturated rings. The standard InChI is InChI=1S/C26H22BrNO4/c1-3-32-20-11-7-10-19(15-20)28-23(17-8-5-4-6-9-17)22(25(30)26(28)31)24(29)18-12-13-21(27)16(2)14-18/h4-15,23,29H,3H2,1-2H3/b24-22+. The minimum atomic E-state index is -0.767. The lowest BCUT2D eigenvalue weighted by molar-refractivity contribution is -0.132. The number of benzene rings is 3. The topological polar surface area (TPSA) is 66.8 Å². The third-order valence-corrected chi connectivity index (χ3v) is 6.29. The van der Waals surface area contributed by atoms with Crippen molar-refractivity contribution in [2.24, 2.45) is 0 Å². The van der Waals surface area contributed by atoms with E-state index in [1.54, 1.807) is 36.4 Å². The van der Waals surface area contributed by atoms with Gasteiger partial charge in [-0.3, -0.25) is 14.5 Å². The van der Waals surface area contributed by atoms with Crippen LogP contribution in [-0.4, -0.2) is 23.4 Å². The minimum absolute atomic E-state index is 0.0599. The van der Waals surface area contributed by atoms with E-state index in [0.717, 1.165) is 15.6 Å². The SMILES string of the molecule is CCOc1cccc(N2C(=O)C(=O)/C(=C(/O)c3ccc(Br)c(C)c3)C2c2ccccc2)c1. The summed E-state index contributed by atoms with van der Waals surface area (Å²) >= 11 is 3.45. The molecule has 5 nitrogen and oxygen atoms in total. The summed E-state index contributed by atoms with van der Waals surface area (Å²) in [4.78, 5) is 27.8. The molecule has 162 valence electrons. The number of aliphatic hydroxyl groups excluding tert-OH is 1. The summed E-state index contributed by atoms with van der Waals surface area (Å²) in [5, 5.41) is 11.2. The van der Waals surface area contributed by atoms with Crippen LogP contribution in [0, 0.1) is 6.92 Å². The summed E-state index contributed by atoms with van der Waals surface area (Å²) in [6.07, 6.45) is 0. The van der Waals surface area contributed by atoms with Gasteiger partial charge in [0.1, 0.15) is 11.5 Å². The monoisotopic (exact) mass is 491 g/mol. The Morgan fingerprint density at radius 2 is 1.78 bits per heavy atom. The Kier molecular flexibility index (Phi) is 6.15. The average molecular weight is 492 g/mol. The van der Waals surface area contributed by atoms with Crippen molar-refractivity contribution in [1.82, 2.24) is 0 Å². The van der Waals surface area contributed by atoms with Crippen molar-refractivity contribution >= 4 is 39.1 Å². The summed E-state index contributed by atoms with van der Waals surface area (Å²) < 4.78 is 6.48. The maximum atomic E-state index is 13.2. The van der Waals surface area contributed by atoms with Gasteiger partial charge in [0.05, 0.1) is 18.2 Å². The van der Waals surface area contributed by atoms with E-state index in [2.05, 4.69) is 15.9 Å². The van der Waals surface area contributed by atoms with Crippen LogP contribution >= 0.6 is 15.9 Å². The van der Waals surface area contributed by atoms with Gasteiger partial charge in [-0.1, -0.05) is 58.4 Å². The Hall–Kier alpha value is -3.38. The zero-order valence-corrected chi connectivity index (χ0v) is 19.3. The van der Waals surface area contributed by atoms with Crippen molar-refractivity contribution in [2.45, 2.75) is 19.9 Å². The Balaban J connectivity index is 1.92. The van der Waals surface area contributed by atoms with Crippen molar-refractivity contribution in [3.8, 4) is 5.75 Å². The highest BCUT2D eigenvalue weighted by molar-refractivity contribution is 9.10. The molecule has 1 heterocycles. The third-order valence-electron chi connectivity index (χ3n) is 5.40. The van der Waals surface area contributed by atoms with Crippen molar-refractivity contribution in [1.29, 1.82) is 0 Å². The van der Waals surface area contributed by atoms with E-state index in [1.807, 2.05) is 50.2 Å². The van der Waals surface area contributed by atoms with Gasteiger partial charge in [0.25, 0.3) is 11.7 Å². The molecule has 1 unspecified atom stereocenters. The minimum Gasteiger partial charge on any atom is -0.507 e. The van der Waals surface area contributed by atoms with E-state index < -0.39 is 17.7 Å². The number of halogens is 1. The summed E-state index contributed by atoms with van der Waals surface area (Å²) in [6, 6.07) is 20.8. The molecule has 32 heavy (non-hydrogen) atoms. The van der Waals surface area contributed by atoms with Crippen LogP contribution in [0.2, 0.25) is 0 Å². The van der Waals surface area contributed by atoms with Crippen LogP contribution in [0.15, 0.2) is 82.8 Å². The normalized spacial score (nSPS) is 17.6. The van der Waals surface area contributed by atoms with Crippen LogP contribution in [0.5, 0.6) is 5.75 Å². The molecule has 0 bridgehead atoms. The molecule has 1 N–H and O–H groups in total. The number of hydrogen-bond acceptors (Lipinski definition) is 4. The van der Waals surface area contributed by atoms with Gasteiger partial charge in [0.15, 0.2) is 0 Å². The Morgan fingerprint density at radius 1 is 1.03 bits per heavy atom. The van der Waals surface area contributed by atoms with E-state index >= 15 is 0 Å². The fourth-order valence-electron chi connectivity index (χ4n) is 3.89. The lowest BCUT2D eigenvalue weighted by Gasteiger charge is -2.25. The lowest BCUT2D eigenvalue weighted by Crippen LogP contribution is -2.29. The first-order chi connectivity index (χ1) is 15.4.